The second-order valence-corrected chi connectivity index (χ2v) is 4.67. The van der Waals surface area contributed by atoms with Crippen molar-refractivity contribution in [1.29, 1.82) is 0 Å². The molecule has 0 N–H and O–H groups in total. The van der Waals surface area contributed by atoms with E-state index in [0.29, 0.717) is 0 Å². The molecule has 0 aliphatic carbocycles. The van der Waals surface area contributed by atoms with Crippen LogP contribution in [0.15, 0.2) is 0 Å². The van der Waals surface area contributed by atoms with Crippen molar-refractivity contribution in [3.8, 4) is 0 Å². The highest BCUT2D eigenvalue weighted by molar-refractivity contribution is 5.98. The molecule has 7 heteroatoms. The number of hydrogen-bond acceptors (Lipinski definition) is 4. The Bertz CT molecular complexity index is 379. The Morgan fingerprint density at radius 3 is 1.53 bits per heavy atom. The van der Waals surface area contributed by atoms with Gasteiger partial charge >= 0.3 is 0 Å². The lowest BCUT2D eigenvalue weighted by Crippen LogP contribution is -2.42. The molecular formula is C12H21N3O4. The van der Waals surface area contributed by atoms with Gasteiger partial charge < -0.3 is 14.7 Å². The van der Waals surface area contributed by atoms with Crippen molar-refractivity contribution in [1.82, 2.24) is 14.7 Å². The third kappa shape index (κ3) is 6.54. The fourth-order valence-electron chi connectivity index (χ4n) is 1.25. The molecule has 0 fully saturated rings. The highest BCUT2D eigenvalue weighted by Crippen LogP contribution is 1.98. The Kier molecular flexibility index (Phi) is 6.74. The summed E-state index contributed by atoms with van der Waals surface area (Å²) in [6.45, 7) is 1.38. The second-order valence-electron chi connectivity index (χ2n) is 4.67. The zero-order chi connectivity index (χ0) is 15.2. The minimum absolute atomic E-state index is 0.0473. The van der Waals surface area contributed by atoms with E-state index in [4.69, 9.17) is 0 Å². The molecule has 0 aliphatic rings. The van der Waals surface area contributed by atoms with E-state index < -0.39 is 0 Å². The van der Waals surface area contributed by atoms with Crippen LogP contribution in [0, 0.1) is 0 Å². The molecule has 0 saturated heterocycles. The van der Waals surface area contributed by atoms with Crippen molar-refractivity contribution in [2.45, 2.75) is 19.8 Å². The molecule has 0 spiro atoms. The predicted molar refractivity (Wildman–Crippen MR) is 69.0 cm³/mol. The summed E-state index contributed by atoms with van der Waals surface area (Å²) >= 11 is 0. The third-order valence-corrected chi connectivity index (χ3v) is 2.48. The van der Waals surface area contributed by atoms with Crippen LogP contribution in [0.2, 0.25) is 0 Å². The first-order valence-electron chi connectivity index (χ1n) is 5.82. The van der Waals surface area contributed by atoms with Crippen molar-refractivity contribution in [3.63, 3.8) is 0 Å². The van der Waals surface area contributed by atoms with Gasteiger partial charge in [-0.2, -0.15) is 0 Å². The van der Waals surface area contributed by atoms with Crippen LogP contribution in [0.1, 0.15) is 19.8 Å². The first-order chi connectivity index (χ1) is 8.65. The number of hydrogen-bond donors (Lipinski definition) is 0. The molecule has 7 nitrogen and oxygen atoms in total. The first kappa shape index (κ1) is 17.1. The normalized spacial score (nSPS) is 9.74. The number of nitrogens with zero attached hydrogens (tertiary/aromatic N) is 3. The van der Waals surface area contributed by atoms with Crippen LogP contribution in [0.4, 0.5) is 0 Å². The smallest absolute Gasteiger partial charge is 0.233 e. The van der Waals surface area contributed by atoms with E-state index in [1.54, 1.807) is 14.1 Å². The molecular weight excluding hydrogens is 250 g/mol. The van der Waals surface area contributed by atoms with Crippen molar-refractivity contribution in [2.24, 2.45) is 0 Å². The van der Waals surface area contributed by atoms with Gasteiger partial charge in [-0.05, 0) is 6.92 Å². The van der Waals surface area contributed by atoms with Crippen LogP contribution >= 0.6 is 0 Å². The largest absolute Gasteiger partial charge is 0.348 e. The lowest BCUT2D eigenvalue weighted by molar-refractivity contribution is -0.141. The van der Waals surface area contributed by atoms with Crippen molar-refractivity contribution >= 4 is 23.5 Å². The summed E-state index contributed by atoms with van der Waals surface area (Å²) in [5.41, 5.74) is 0. The number of ketones is 1. The van der Waals surface area contributed by atoms with Crippen molar-refractivity contribution in [3.05, 3.63) is 0 Å². The third-order valence-electron chi connectivity index (χ3n) is 2.48. The molecule has 0 radical (unpaired) electrons. The maximum Gasteiger partial charge on any atom is 0.233 e. The topological polar surface area (TPSA) is 78.0 Å². The number of amides is 3. The highest BCUT2D eigenvalue weighted by Gasteiger charge is 2.18. The Balaban J connectivity index is 4.32. The maximum atomic E-state index is 11.7. The van der Waals surface area contributed by atoms with E-state index in [2.05, 4.69) is 0 Å². The lowest BCUT2D eigenvalue weighted by atomic mass is 10.3. The maximum absolute atomic E-state index is 11.7. The summed E-state index contributed by atoms with van der Waals surface area (Å²) in [7, 11) is 6.14. The molecule has 0 aromatic carbocycles. The highest BCUT2D eigenvalue weighted by atomic mass is 16.2. The van der Waals surface area contributed by atoms with Gasteiger partial charge in [-0.3, -0.25) is 19.2 Å². The van der Waals surface area contributed by atoms with E-state index in [9.17, 15) is 19.2 Å². The predicted octanol–water partition coefficient (Wildman–Crippen LogP) is -0.682. The van der Waals surface area contributed by atoms with E-state index in [1.165, 1.54) is 35.7 Å². The van der Waals surface area contributed by atoms with Crippen LogP contribution in [0.5, 0.6) is 0 Å². The Hall–Kier alpha value is -1.92. The summed E-state index contributed by atoms with van der Waals surface area (Å²) in [5.74, 6) is -1.25. The lowest BCUT2D eigenvalue weighted by Gasteiger charge is -2.24. The van der Waals surface area contributed by atoms with E-state index >= 15 is 0 Å². The van der Waals surface area contributed by atoms with Crippen LogP contribution in [0.3, 0.4) is 0 Å². The van der Waals surface area contributed by atoms with Gasteiger partial charge in [0, 0.05) is 28.2 Å². The Labute approximate surface area is 113 Å². The molecule has 0 atom stereocenters. The van der Waals surface area contributed by atoms with Crippen LogP contribution in [-0.4, -0.2) is 73.1 Å². The average molecular weight is 271 g/mol. The SMILES string of the molecule is CC(=O)CC(=O)N(C)CN(C)C(=O)CC(=O)N(C)C. The Morgan fingerprint density at radius 1 is 0.737 bits per heavy atom. The van der Waals surface area contributed by atoms with Crippen LogP contribution in [-0.2, 0) is 19.2 Å². The summed E-state index contributed by atoms with van der Waals surface area (Å²) in [6, 6.07) is 0. The molecule has 0 rings (SSSR count). The van der Waals surface area contributed by atoms with Crippen molar-refractivity contribution < 1.29 is 19.2 Å². The number of rotatable bonds is 6. The molecule has 3 amide bonds. The van der Waals surface area contributed by atoms with Gasteiger partial charge in [-0.1, -0.05) is 0 Å². The van der Waals surface area contributed by atoms with Gasteiger partial charge in [0.05, 0.1) is 13.1 Å². The van der Waals surface area contributed by atoms with E-state index in [1.807, 2.05) is 0 Å². The van der Waals surface area contributed by atoms with Crippen LogP contribution in [0.25, 0.3) is 0 Å². The molecule has 0 bridgehead atoms. The molecule has 19 heavy (non-hydrogen) atoms. The standard InChI is InChI=1S/C12H21N3O4/c1-9(16)6-11(18)14(4)8-15(5)12(19)7-10(17)13(2)3/h6-8H2,1-5H3. The molecule has 0 unspecified atom stereocenters. The monoisotopic (exact) mass is 271 g/mol. The molecule has 0 aromatic rings. The second kappa shape index (κ2) is 7.50. The number of carbonyl (C=O) groups excluding carboxylic acids is 4. The fourth-order valence-corrected chi connectivity index (χ4v) is 1.25. The van der Waals surface area contributed by atoms with Crippen LogP contribution < -0.4 is 0 Å². The first-order valence-corrected chi connectivity index (χ1v) is 5.82. The molecule has 0 heterocycles. The van der Waals surface area contributed by atoms with Gasteiger partial charge in [-0.25, -0.2) is 0 Å². The molecule has 108 valence electrons. The summed E-state index contributed by atoms with van der Waals surface area (Å²) < 4.78 is 0. The van der Waals surface area contributed by atoms with E-state index in [0.717, 1.165) is 0 Å². The number of carbonyl (C=O) groups is 4. The minimum atomic E-state index is -0.374. The van der Waals surface area contributed by atoms with Gasteiger partial charge in [0.1, 0.15) is 12.2 Å². The van der Waals surface area contributed by atoms with Gasteiger partial charge in [0.2, 0.25) is 17.7 Å². The molecule has 0 aromatic heterocycles. The Morgan fingerprint density at radius 2 is 1.16 bits per heavy atom. The fraction of sp³-hybridized carbons (Fsp3) is 0.667. The number of Topliss-reactive ketones (excluding diaryl/α,β-unsaturated/α-hetero) is 1. The summed E-state index contributed by atoms with van der Waals surface area (Å²) in [5, 5.41) is 0. The molecule has 0 aliphatic heterocycles. The van der Waals surface area contributed by atoms with Gasteiger partial charge in [-0.15, -0.1) is 0 Å². The summed E-state index contributed by atoms with van der Waals surface area (Å²) in [4.78, 5) is 49.3. The quantitative estimate of drug-likeness (QED) is 0.473. The van der Waals surface area contributed by atoms with Gasteiger partial charge in [0.25, 0.3) is 0 Å². The zero-order valence-corrected chi connectivity index (χ0v) is 12.1. The van der Waals surface area contributed by atoms with Gasteiger partial charge in [0.15, 0.2) is 0 Å². The minimum Gasteiger partial charge on any atom is -0.348 e. The molecule has 0 saturated carbocycles. The average Bonchev–Trinajstić information content (AvgIpc) is 2.27. The van der Waals surface area contributed by atoms with E-state index in [-0.39, 0.29) is 43.0 Å². The van der Waals surface area contributed by atoms with Crippen molar-refractivity contribution in [2.75, 3.05) is 34.9 Å². The summed E-state index contributed by atoms with van der Waals surface area (Å²) in [6.07, 6.45) is -0.423. The zero-order valence-electron chi connectivity index (χ0n) is 12.1.